The van der Waals surface area contributed by atoms with Gasteiger partial charge in [-0.05, 0) is 40.0 Å². The van der Waals surface area contributed by atoms with Crippen LogP contribution in [0.4, 0.5) is 13.2 Å². The standard InChI is InChI=1S/C11H21F3N4/c1-17(2)8-3-5-18(6-4-8)7-9(10(15)16)11(12,13)14/h8-9H,3-7H2,1-2H3,(H3,15,16). The predicted octanol–water partition coefficient (Wildman–Crippen LogP) is 1.13. The number of likely N-dealkylation sites (tertiary alicyclic amines) is 1. The summed E-state index contributed by atoms with van der Waals surface area (Å²) in [7, 11) is 3.96. The first-order chi connectivity index (χ1) is 8.21. The summed E-state index contributed by atoms with van der Waals surface area (Å²) >= 11 is 0. The number of hydrogen-bond donors (Lipinski definition) is 2. The van der Waals surface area contributed by atoms with Crippen molar-refractivity contribution in [2.24, 2.45) is 11.7 Å². The van der Waals surface area contributed by atoms with E-state index < -0.39 is 17.9 Å². The Labute approximate surface area is 105 Å². The van der Waals surface area contributed by atoms with Gasteiger partial charge < -0.3 is 15.5 Å². The Morgan fingerprint density at radius 2 is 1.89 bits per heavy atom. The zero-order chi connectivity index (χ0) is 13.9. The van der Waals surface area contributed by atoms with Crippen molar-refractivity contribution in [3.05, 3.63) is 0 Å². The zero-order valence-electron chi connectivity index (χ0n) is 10.8. The molecule has 3 N–H and O–H groups in total. The number of halogens is 3. The van der Waals surface area contributed by atoms with Crippen LogP contribution in [-0.4, -0.2) is 61.6 Å². The summed E-state index contributed by atoms with van der Waals surface area (Å²) in [5.74, 6) is -2.63. The smallest absolute Gasteiger partial charge is 0.387 e. The van der Waals surface area contributed by atoms with Gasteiger partial charge in [0.15, 0.2) is 0 Å². The first-order valence-electron chi connectivity index (χ1n) is 6.01. The summed E-state index contributed by atoms with van der Waals surface area (Å²) in [4.78, 5) is 3.85. The van der Waals surface area contributed by atoms with E-state index >= 15 is 0 Å². The van der Waals surface area contributed by atoms with E-state index in [4.69, 9.17) is 11.1 Å². The van der Waals surface area contributed by atoms with E-state index in [1.54, 1.807) is 4.90 Å². The Bertz CT molecular complexity index is 283. The number of nitrogens with two attached hydrogens (primary N) is 1. The molecule has 0 spiro atoms. The average molecular weight is 266 g/mol. The van der Waals surface area contributed by atoms with E-state index in [1.807, 2.05) is 14.1 Å². The van der Waals surface area contributed by atoms with Gasteiger partial charge in [0.1, 0.15) is 11.8 Å². The third-order valence-electron chi connectivity index (χ3n) is 3.50. The maximum Gasteiger partial charge on any atom is 0.399 e. The number of nitrogens with zero attached hydrogens (tertiary/aromatic N) is 2. The summed E-state index contributed by atoms with van der Waals surface area (Å²) < 4.78 is 38.0. The van der Waals surface area contributed by atoms with Gasteiger partial charge in [0.2, 0.25) is 0 Å². The van der Waals surface area contributed by atoms with Crippen molar-refractivity contribution in [2.75, 3.05) is 33.7 Å². The van der Waals surface area contributed by atoms with Crippen LogP contribution in [-0.2, 0) is 0 Å². The molecule has 1 atom stereocenters. The van der Waals surface area contributed by atoms with Crippen molar-refractivity contribution in [3.63, 3.8) is 0 Å². The van der Waals surface area contributed by atoms with E-state index in [1.165, 1.54) is 0 Å². The van der Waals surface area contributed by atoms with Crippen molar-refractivity contribution in [3.8, 4) is 0 Å². The number of hydrogen-bond acceptors (Lipinski definition) is 3. The van der Waals surface area contributed by atoms with E-state index in [0.717, 1.165) is 12.8 Å². The van der Waals surface area contributed by atoms with Gasteiger partial charge in [0.25, 0.3) is 0 Å². The van der Waals surface area contributed by atoms with Crippen molar-refractivity contribution in [1.29, 1.82) is 5.41 Å². The van der Waals surface area contributed by atoms with Crippen LogP contribution in [0.3, 0.4) is 0 Å². The summed E-state index contributed by atoms with van der Waals surface area (Å²) in [5, 5.41) is 7.06. The highest BCUT2D eigenvalue weighted by Crippen LogP contribution is 2.28. The molecule has 1 rings (SSSR count). The second kappa shape index (κ2) is 5.88. The topological polar surface area (TPSA) is 56.4 Å². The Hall–Kier alpha value is -0.820. The van der Waals surface area contributed by atoms with Gasteiger partial charge in [0.05, 0.1) is 0 Å². The number of piperidine rings is 1. The normalized spacial score (nSPS) is 21.2. The monoisotopic (exact) mass is 266 g/mol. The largest absolute Gasteiger partial charge is 0.399 e. The molecule has 0 aliphatic carbocycles. The maximum atomic E-state index is 12.7. The molecule has 106 valence electrons. The molecule has 0 bridgehead atoms. The molecule has 18 heavy (non-hydrogen) atoms. The third kappa shape index (κ3) is 4.13. The lowest BCUT2D eigenvalue weighted by atomic mass is 10.0. The van der Waals surface area contributed by atoms with Gasteiger partial charge in [-0.3, -0.25) is 5.41 Å². The minimum Gasteiger partial charge on any atom is -0.387 e. The predicted molar refractivity (Wildman–Crippen MR) is 64.6 cm³/mol. The molecule has 1 unspecified atom stereocenters. The molecule has 0 amide bonds. The number of rotatable bonds is 4. The Morgan fingerprint density at radius 1 is 1.39 bits per heavy atom. The fourth-order valence-electron chi connectivity index (χ4n) is 2.25. The quantitative estimate of drug-likeness (QED) is 0.592. The zero-order valence-corrected chi connectivity index (χ0v) is 10.8. The Kier molecular flexibility index (Phi) is 4.98. The number of alkyl halides is 3. The molecule has 1 heterocycles. The van der Waals surface area contributed by atoms with Crippen LogP contribution < -0.4 is 5.73 Å². The lowest BCUT2D eigenvalue weighted by molar-refractivity contribution is -0.160. The maximum absolute atomic E-state index is 12.7. The summed E-state index contributed by atoms with van der Waals surface area (Å²) in [6.07, 6.45) is -2.71. The molecule has 0 radical (unpaired) electrons. The van der Waals surface area contributed by atoms with Gasteiger partial charge >= 0.3 is 6.18 Å². The van der Waals surface area contributed by atoms with Crippen LogP contribution in [0.15, 0.2) is 0 Å². The molecule has 0 aromatic rings. The molecule has 1 aliphatic heterocycles. The molecule has 0 saturated carbocycles. The van der Waals surface area contributed by atoms with Crippen LogP contribution >= 0.6 is 0 Å². The van der Waals surface area contributed by atoms with Crippen molar-refractivity contribution in [2.45, 2.75) is 25.1 Å². The summed E-state index contributed by atoms with van der Waals surface area (Å²) in [6.45, 7) is 1.06. The van der Waals surface area contributed by atoms with Gasteiger partial charge in [-0.2, -0.15) is 13.2 Å². The molecule has 0 aromatic heterocycles. The third-order valence-corrected chi connectivity index (χ3v) is 3.50. The molecular weight excluding hydrogens is 245 g/mol. The van der Waals surface area contributed by atoms with Crippen molar-refractivity contribution < 1.29 is 13.2 Å². The summed E-state index contributed by atoms with van der Waals surface area (Å²) in [5.41, 5.74) is 5.04. The first-order valence-corrected chi connectivity index (χ1v) is 6.01. The molecule has 7 heteroatoms. The molecule has 4 nitrogen and oxygen atoms in total. The Morgan fingerprint density at radius 3 is 2.22 bits per heavy atom. The molecule has 1 saturated heterocycles. The fourth-order valence-corrected chi connectivity index (χ4v) is 2.25. The second-order valence-corrected chi connectivity index (χ2v) is 5.04. The van der Waals surface area contributed by atoms with Crippen LogP contribution in [0.5, 0.6) is 0 Å². The van der Waals surface area contributed by atoms with E-state index in [0.29, 0.717) is 19.1 Å². The van der Waals surface area contributed by atoms with Crippen molar-refractivity contribution >= 4 is 5.84 Å². The number of amidine groups is 1. The lowest BCUT2D eigenvalue weighted by Gasteiger charge is -2.36. The Balaban J connectivity index is 2.51. The highest BCUT2D eigenvalue weighted by molar-refractivity contribution is 5.80. The van der Waals surface area contributed by atoms with Gasteiger partial charge in [-0.25, -0.2) is 0 Å². The van der Waals surface area contributed by atoms with Crippen molar-refractivity contribution in [1.82, 2.24) is 9.80 Å². The van der Waals surface area contributed by atoms with E-state index in [2.05, 4.69) is 4.90 Å². The average Bonchev–Trinajstić information content (AvgIpc) is 2.24. The van der Waals surface area contributed by atoms with Crippen LogP contribution in [0.25, 0.3) is 0 Å². The minimum atomic E-state index is -4.43. The number of nitrogens with one attached hydrogen (secondary N) is 1. The second-order valence-electron chi connectivity index (χ2n) is 5.04. The lowest BCUT2D eigenvalue weighted by Crippen LogP contribution is -2.48. The molecule has 1 aliphatic rings. The van der Waals surface area contributed by atoms with E-state index in [-0.39, 0.29) is 6.54 Å². The van der Waals surface area contributed by atoms with Crippen LogP contribution in [0.2, 0.25) is 0 Å². The fraction of sp³-hybridized carbons (Fsp3) is 0.909. The van der Waals surface area contributed by atoms with Gasteiger partial charge in [-0.1, -0.05) is 0 Å². The highest BCUT2D eigenvalue weighted by Gasteiger charge is 2.43. The van der Waals surface area contributed by atoms with E-state index in [9.17, 15) is 13.2 Å². The first kappa shape index (κ1) is 15.2. The van der Waals surface area contributed by atoms with Crippen LogP contribution in [0.1, 0.15) is 12.8 Å². The minimum absolute atomic E-state index is 0.195. The van der Waals surface area contributed by atoms with Gasteiger partial charge in [0, 0.05) is 12.6 Å². The SMILES string of the molecule is CN(C)C1CCN(CC(C(=N)N)C(F)(F)F)CC1. The van der Waals surface area contributed by atoms with Crippen LogP contribution in [0, 0.1) is 11.3 Å². The highest BCUT2D eigenvalue weighted by atomic mass is 19.4. The van der Waals surface area contributed by atoms with Gasteiger partial charge in [-0.15, -0.1) is 0 Å². The molecule has 1 fully saturated rings. The summed E-state index contributed by atoms with van der Waals surface area (Å²) in [6, 6.07) is 0.433. The molecular formula is C11H21F3N4. The molecule has 0 aromatic carbocycles.